The van der Waals surface area contributed by atoms with Gasteiger partial charge in [-0.25, -0.2) is 0 Å². The van der Waals surface area contributed by atoms with Crippen LogP contribution in [-0.2, 0) is 0 Å². The first-order valence-corrected chi connectivity index (χ1v) is 8.16. The first-order chi connectivity index (χ1) is 8.70. The van der Waals surface area contributed by atoms with Gasteiger partial charge in [-0.1, -0.05) is 78.6 Å². The van der Waals surface area contributed by atoms with Crippen molar-refractivity contribution < 1.29 is 0 Å². The van der Waals surface area contributed by atoms with Crippen molar-refractivity contribution in [1.29, 1.82) is 0 Å². The molecule has 0 aromatic heterocycles. The van der Waals surface area contributed by atoms with Crippen LogP contribution in [0.5, 0.6) is 0 Å². The Hall–Kier alpha value is -0.0800. The van der Waals surface area contributed by atoms with E-state index in [1.54, 1.807) is 0 Å². The van der Waals surface area contributed by atoms with Crippen molar-refractivity contribution in [2.24, 2.45) is 11.8 Å². The SMILES string of the molecule is CCCCCCCCCC(CCCC(C)C)NN. The summed E-state index contributed by atoms with van der Waals surface area (Å²) in [5.41, 5.74) is 2.99. The molecule has 3 N–H and O–H groups in total. The van der Waals surface area contributed by atoms with Crippen LogP contribution in [-0.4, -0.2) is 6.04 Å². The van der Waals surface area contributed by atoms with Crippen LogP contribution in [0.1, 0.15) is 91.4 Å². The van der Waals surface area contributed by atoms with Crippen molar-refractivity contribution in [3.63, 3.8) is 0 Å². The van der Waals surface area contributed by atoms with E-state index in [-0.39, 0.29) is 0 Å². The summed E-state index contributed by atoms with van der Waals surface area (Å²) in [7, 11) is 0. The van der Waals surface area contributed by atoms with E-state index >= 15 is 0 Å². The summed E-state index contributed by atoms with van der Waals surface area (Å²) in [6.45, 7) is 6.86. The van der Waals surface area contributed by atoms with Crippen LogP contribution in [0, 0.1) is 5.92 Å². The lowest BCUT2D eigenvalue weighted by molar-refractivity contribution is 0.408. The third kappa shape index (κ3) is 12.4. The molecule has 0 rings (SSSR count). The summed E-state index contributed by atoms with van der Waals surface area (Å²) in [5, 5.41) is 0. The van der Waals surface area contributed by atoms with Crippen molar-refractivity contribution in [2.45, 2.75) is 97.4 Å². The minimum Gasteiger partial charge on any atom is -0.271 e. The van der Waals surface area contributed by atoms with Gasteiger partial charge in [0.15, 0.2) is 0 Å². The molecule has 0 spiro atoms. The summed E-state index contributed by atoms with van der Waals surface area (Å²) >= 11 is 0. The molecule has 2 heteroatoms. The Balaban J connectivity index is 3.33. The highest BCUT2D eigenvalue weighted by Gasteiger charge is 2.06. The molecule has 0 amide bonds. The smallest absolute Gasteiger partial charge is 0.0210 e. The number of hydrogen-bond donors (Lipinski definition) is 2. The van der Waals surface area contributed by atoms with Crippen LogP contribution in [0.4, 0.5) is 0 Å². The third-order valence-electron chi connectivity index (χ3n) is 3.73. The Morgan fingerprint density at radius 1 is 0.778 bits per heavy atom. The van der Waals surface area contributed by atoms with Gasteiger partial charge in [-0.15, -0.1) is 0 Å². The van der Waals surface area contributed by atoms with Gasteiger partial charge >= 0.3 is 0 Å². The van der Waals surface area contributed by atoms with E-state index < -0.39 is 0 Å². The molecule has 18 heavy (non-hydrogen) atoms. The fraction of sp³-hybridized carbons (Fsp3) is 1.00. The van der Waals surface area contributed by atoms with Crippen molar-refractivity contribution in [3.8, 4) is 0 Å². The lowest BCUT2D eigenvalue weighted by Crippen LogP contribution is -2.35. The zero-order valence-corrected chi connectivity index (χ0v) is 13.0. The van der Waals surface area contributed by atoms with Gasteiger partial charge in [0.1, 0.15) is 0 Å². The molecule has 2 nitrogen and oxygen atoms in total. The van der Waals surface area contributed by atoms with E-state index in [0.717, 1.165) is 5.92 Å². The number of hydrazine groups is 1. The second kappa shape index (κ2) is 13.4. The van der Waals surface area contributed by atoms with Crippen molar-refractivity contribution in [2.75, 3.05) is 0 Å². The van der Waals surface area contributed by atoms with Crippen LogP contribution in [0.2, 0.25) is 0 Å². The first-order valence-electron chi connectivity index (χ1n) is 8.16. The minimum absolute atomic E-state index is 0.541. The largest absolute Gasteiger partial charge is 0.271 e. The summed E-state index contributed by atoms with van der Waals surface area (Å²) in [5.74, 6) is 6.44. The van der Waals surface area contributed by atoms with E-state index in [2.05, 4.69) is 26.2 Å². The van der Waals surface area contributed by atoms with Gasteiger partial charge in [-0.3, -0.25) is 11.3 Å². The second-order valence-electron chi connectivity index (χ2n) is 6.10. The molecule has 0 aliphatic carbocycles. The van der Waals surface area contributed by atoms with E-state index in [4.69, 9.17) is 5.84 Å². The molecule has 1 atom stereocenters. The zero-order chi connectivity index (χ0) is 13.6. The molecule has 0 bridgehead atoms. The number of nitrogens with two attached hydrogens (primary N) is 1. The predicted molar refractivity (Wildman–Crippen MR) is 82.4 cm³/mol. The maximum atomic E-state index is 5.62. The highest BCUT2D eigenvalue weighted by Crippen LogP contribution is 2.14. The molecule has 0 heterocycles. The monoisotopic (exact) mass is 256 g/mol. The molecule has 0 aromatic rings. The van der Waals surface area contributed by atoms with Crippen LogP contribution < -0.4 is 11.3 Å². The molecular formula is C16H36N2. The summed E-state index contributed by atoms with van der Waals surface area (Å²) in [6.07, 6.45) is 14.8. The highest BCUT2D eigenvalue weighted by atomic mass is 15.2. The maximum absolute atomic E-state index is 5.62. The Morgan fingerprint density at radius 2 is 1.33 bits per heavy atom. The summed E-state index contributed by atoms with van der Waals surface area (Å²) < 4.78 is 0. The predicted octanol–water partition coefficient (Wildman–Crippen LogP) is 4.79. The third-order valence-corrected chi connectivity index (χ3v) is 3.73. The minimum atomic E-state index is 0.541. The lowest BCUT2D eigenvalue weighted by atomic mass is 9.99. The average molecular weight is 256 g/mol. The highest BCUT2D eigenvalue weighted by molar-refractivity contribution is 4.64. The quantitative estimate of drug-likeness (QED) is 0.282. The van der Waals surface area contributed by atoms with Crippen molar-refractivity contribution in [3.05, 3.63) is 0 Å². The number of rotatable bonds is 13. The maximum Gasteiger partial charge on any atom is 0.0210 e. The van der Waals surface area contributed by atoms with Gasteiger partial charge in [0, 0.05) is 6.04 Å². The van der Waals surface area contributed by atoms with Crippen LogP contribution >= 0.6 is 0 Å². The molecule has 0 saturated heterocycles. The normalized spacial score (nSPS) is 13.2. The Kier molecular flexibility index (Phi) is 13.3. The summed E-state index contributed by atoms with van der Waals surface area (Å²) in [6, 6.07) is 0.541. The number of unbranched alkanes of at least 4 members (excludes halogenated alkanes) is 6. The molecule has 110 valence electrons. The lowest BCUT2D eigenvalue weighted by Gasteiger charge is -2.16. The van der Waals surface area contributed by atoms with E-state index in [1.165, 1.54) is 70.6 Å². The number of hydrogen-bond acceptors (Lipinski definition) is 2. The number of nitrogens with one attached hydrogen (secondary N) is 1. The molecule has 1 unspecified atom stereocenters. The van der Waals surface area contributed by atoms with Gasteiger partial charge in [-0.2, -0.15) is 0 Å². The standard InChI is InChI=1S/C16H36N2/c1-4-5-6-7-8-9-10-13-16(18-17)14-11-12-15(2)3/h15-16,18H,4-14,17H2,1-3H3. The van der Waals surface area contributed by atoms with E-state index in [1.807, 2.05) is 0 Å². The van der Waals surface area contributed by atoms with Gasteiger partial charge in [0.25, 0.3) is 0 Å². The second-order valence-corrected chi connectivity index (χ2v) is 6.10. The van der Waals surface area contributed by atoms with Gasteiger partial charge in [0.2, 0.25) is 0 Å². The average Bonchev–Trinajstić information content (AvgIpc) is 2.35. The van der Waals surface area contributed by atoms with Crippen LogP contribution in [0.25, 0.3) is 0 Å². The Morgan fingerprint density at radius 3 is 1.89 bits per heavy atom. The zero-order valence-electron chi connectivity index (χ0n) is 13.0. The molecule has 0 aliphatic rings. The van der Waals surface area contributed by atoms with E-state index in [9.17, 15) is 0 Å². The Bertz CT molecular complexity index is 157. The van der Waals surface area contributed by atoms with Gasteiger partial charge < -0.3 is 0 Å². The fourth-order valence-corrected chi connectivity index (χ4v) is 2.43. The topological polar surface area (TPSA) is 38.0 Å². The van der Waals surface area contributed by atoms with Crippen molar-refractivity contribution >= 4 is 0 Å². The summed E-state index contributed by atoms with van der Waals surface area (Å²) in [4.78, 5) is 0. The molecular weight excluding hydrogens is 220 g/mol. The van der Waals surface area contributed by atoms with Gasteiger partial charge in [0.05, 0.1) is 0 Å². The van der Waals surface area contributed by atoms with Crippen LogP contribution in [0.3, 0.4) is 0 Å². The molecule has 0 radical (unpaired) electrons. The molecule has 0 aliphatic heterocycles. The molecule has 0 aromatic carbocycles. The van der Waals surface area contributed by atoms with Crippen LogP contribution in [0.15, 0.2) is 0 Å². The van der Waals surface area contributed by atoms with Gasteiger partial charge in [-0.05, 0) is 18.8 Å². The first kappa shape index (κ1) is 17.9. The molecule has 0 saturated carbocycles. The molecule has 0 fully saturated rings. The fourth-order valence-electron chi connectivity index (χ4n) is 2.43. The van der Waals surface area contributed by atoms with Crippen molar-refractivity contribution in [1.82, 2.24) is 5.43 Å². The Labute approximate surface area is 115 Å². The van der Waals surface area contributed by atoms with E-state index in [0.29, 0.717) is 6.04 Å².